The van der Waals surface area contributed by atoms with Crippen LogP contribution in [0.3, 0.4) is 0 Å². The first-order valence-electron chi connectivity index (χ1n) is 7.91. The van der Waals surface area contributed by atoms with Crippen LogP contribution in [-0.2, 0) is 4.74 Å². The molecule has 0 aromatic rings. The highest BCUT2D eigenvalue weighted by atomic mass is 35.6. The SMILES string of the molecule is ClC(Cl)(Cl)C(Cl)(Cl)C(Cl)(Cl)C(Cl)(Cl)C(Cl)(Cl)C(Cl)(Cl)C(Cl)(Cl)C(Cl)(Cl)C(Cl)(Cl)C(Cl)(Cl)CC1CO1. The van der Waals surface area contributed by atoms with Crippen LogP contribution in [0.4, 0.5) is 0 Å². The minimum Gasteiger partial charge on any atom is -0.373 e. The fraction of sp³-hybridized carbons (Fsp3) is 1.00. The first-order valence-corrected chi connectivity index (χ1v) is 15.9. The van der Waals surface area contributed by atoms with E-state index in [1.807, 2.05) is 0 Å². The van der Waals surface area contributed by atoms with Crippen LogP contribution in [0.2, 0.25) is 0 Å². The van der Waals surface area contributed by atoms with Crippen molar-refractivity contribution >= 4 is 244 Å². The summed E-state index contributed by atoms with van der Waals surface area (Å²) in [5.41, 5.74) is 0. The Morgan fingerprint density at radius 1 is 0.400 bits per heavy atom. The lowest BCUT2D eigenvalue weighted by Crippen LogP contribution is -2.72. The molecule has 1 aliphatic heterocycles. The molecule has 0 bridgehead atoms. The van der Waals surface area contributed by atoms with Gasteiger partial charge in [-0.1, -0.05) is 244 Å². The molecule has 1 rings (SSSR count). The van der Waals surface area contributed by atoms with E-state index in [9.17, 15) is 0 Å². The molecule has 35 heavy (non-hydrogen) atoms. The highest BCUT2D eigenvalue weighted by Crippen LogP contribution is 2.74. The van der Waals surface area contributed by atoms with Gasteiger partial charge in [0.15, 0.2) is 34.7 Å². The predicted molar refractivity (Wildman–Crippen MR) is 165 cm³/mol. The molecule has 0 N–H and O–H groups in total. The van der Waals surface area contributed by atoms with Gasteiger partial charge in [-0.2, -0.15) is 0 Å². The van der Waals surface area contributed by atoms with Crippen molar-refractivity contribution in [2.75, 3.05) is 6.61 Å². The number of rotatable bonds is 10. The van der Waals surface area contributed by atoms with Crippen LogP contribution >= 0.6 is 244 Å². The normalized spacial score (nSPS) is 20.3. The van der Waals surface area contributed by atoms with Gasteiger partial charge in [0.2, 0.25) is 8.13 Å². The molecule has 1 atom stereocenters. The molecule has 0 aromatic carbocycles. The Kier molecular flexibility index (Phi) is 13.1. The van der Waals surface area contributed by atoms with Gasteiger partial charge in [-0.3, -0.25) is 0 Å². The zero-order chi connectivity index (χ0) is 28.7. The molecule has 22 heteroatoms. The molecule has 0 aromatic heterocycles. The minimum absolute atomic E-state index is 0.204. The van der Waals surface area contributed by atoms with Crippen LogP contribution in [0.5, 0.6) is 0 Å². The number of hydrogen-bond acceptors (Lipinski definition) is 1. The van der Waals surface area contributed by atoms with E-state index in [-0.39, 0.29) is 13.0 Å². The molecular weight excluding hydrogens is 917 g/mol. The lowest BCUT2D eigenvalue weighted by molar-refractivity contribution is 0.368. The Morgan fingerprint density at radius 2 is 0.629 bits per heavy atom. The summed E-state index contributed by atoms with van der Waals surface area (Å²) in [4.78, 5) is 0. The molecule has 1 aliphatic rings. The molecule has 0 spiro atoms. The summed E-state index contributed by atoms with van der Waals surface area (Å²) in [5, 5.41) is 0. The van der Waals surface area contributed by atoms with Crippen LogP contribution in [0.1, 0.15) is 6.42 Å². The van der Waals surface area contributed by atoms with Crippen molar-refractivity contribution in [2.45, 2.75) is 55.3 Å². The maximum atomic E-state index is 6.41. The number of ether oxygens (including phenoxy) is 1. The fourth-order valence-electron chi connectivity index (χ4n) is 2.19. The number of epoxide rings is 1. The summed E-state index contributed by atoms with van der Waals surface area (Å²) in [6.45, 7) is 0.285. The van der Waals surface area contributed by atoms with Gasteiger partial charge >= 0.3 is 0 Å². The summed E-state index contributed by atoms with van der Waals surface area (Å²) < 4.78 is -24.0. The van der Waals surface area contributed by atoms with E-state index in [0.717, 1.165) is 0 Å². The molecule has 1 heterocycles. The van der Waals surface area contributed by atoms with Gasteiger partial charge in [0.25, 0.3) is 0 Å². The quantitative estimate of drug-likeness (QED) is 0.157. The van der Waals surface area contributed by atoms with Crippen molar-refractivity contribution in [1.29, 1.82) is 0 Å². The third kappa shape index (κ3) is 6.42. The summed E-state index contributed by atoms with van der Waals surface area (Å²) in [5.74, 6) is 0. The van der Waals surface area contributed by atoms with Gasteiger partial charge in [-0.15, -0.1) is 0 Å². The molecule has 1 fully saturated rings. The molecule has 0 amide bonds. The summed E-state index contributed by atoms with van der Waals surface area (Å²) in [6, 6.07) is 0. The number of alkyl halides is 21. The zero-order valence-electron chi connectivity index (χ0n) is 15.3. The van der Waals surface area contributed by atoms with Crippen molar-refractivity contribution < 1.29 is 4.74 Å². The van der Waals surface area contributed by atoms with E-state index in [1.54, 1.807) is 0 Å². The fourth-order valence-corrected chi connectivity index (χ4v) is 9.05. The van der Waals surface area contributed by atoms with Crippen LogP contribution in [0.25, 0.3) is 0 Å². The van der Waals surface area contributed by atoms with Gasteiger partial charge in [0.1, 0.15) is 0 Å². The third-order valence-corrected chi connectivity index (χ3v) is 19.0. The Labute approximate surface area is 306 Å². The second kappa shape index (κ2) is 11.8. The first kappa shape index (κ1) is 39.1. The largest absolute Gasteiger partial charge is 0.373 e. The van der Waals surface area contributed by atoms with Gasteiger partial charge in [0.05, 0.1) is 12.7 Å². The average molecular weight is 922 g/mol. The van der Waals surface area contributed by atoms with E-state index >= 15 is 0 Å². The highest BCUT2D eigenvalue weighted by Gasteiger charge is 2.83. The topological polar surface area (TPSA) is 12.5 Å². The Morgan fingerprint density at radius 3 is 0.857 bits per heavy atom. The third-order valence-electron chi connectivity index (χ3n) is 4.46. The standard InChI is InChI=1S/C13H5Cl21O/c14-4(15,1-3-2-35-3)5(16,17)6(18,19)7(20,21)8(22,23)9(24,25)10(26,27)11(28,29)12(30,31)13(32,33)34/h3H,1-2H2. The summed E-state index contributed by atoms with van der Waals surface area (Å²) >= 11 is 131. The van der Waals surface area contributed by atoms with E-state index in [1.165, 1.54) is 0 Å². The molecule has 0 radical (unpaired) electrons. The monoisotopic (exact) mass is 911 g/mol. The average Bonchev–Trinajstić information content (AvgIpc) is 3.42. The van der Waals surface area contributed by atoms with E-state index in [2.05, 4.69) is 0 Å². The second-order valence-corrected chi connectivity index (χ2v) is 21.3. The summed E-state index contributed by atoms with van der Waals surface area (Å²) in [6.07, 6.45) is -0.651. The smallest absolute Gasteiger partial charge is 0.226 e. The maximum Gasteiger partial charge on any atom is 0.226 e. The van der Waals surface area contributed by atoms with Crippen LogP contribution < -0.4 is 0 Å². The van der Waals surface area contributed by atoms with E-state index in [4.69, 9.17) is 248 Å². The van der Waals surface area contributed by atoms with Gasteiger partial charge in [0, 0.05) is 6.42 Å². The van der Waals surface area contributed by atoms with Gasteiger partial charge in [-0.25, -0.2) is 0 Å². The number of hydrogen-bond donors (Lipinski definition) is 0. The molecule has 0 aliphatic carbocycles. The van der Waals surface area contributed by atoms with Crippen LogP contribution in [0.15, 0.2) is 0 Å². The van der Waals surface area contributed by atoms with Crippen LogP contribution in [-0.4, -0.2) is 55.5 Å². The first-order chi connectivity index (χ1) is 14.8. The molecule has 210 valence electrons. The molecule has 1 saturated heterocycles. The van der Waals surface area contributed by atoms with Crippen molar-refractivity contribution in [3.63, 3.8) is 0 Å². The van der Waals surface area contributed by atoms with Crippen LogP contribution in [0, 0.1) is 0 Å². The van der Waals surface area contributed by atoms with Crippen molar-refractivity contribution in [3.05, 3.63) is 0 Å². The van der Waals surface area contributed by atoms with Gasteiger partial charge in [-0.05, 0) is 0 Å². The lowest BCUT2D eigenvalue weighted by Gasteiger charge is -2.56. The maximum absolute atomic E-state index is 6.41. The lowest BCUT2D eigenvalue weighted by atomic mass is 9.99. The molecular formula is C13H5Cl21O. The molecule has 1 nitrogen and oxygen atoms in total. The van der Waals surface area contributed by atoms with Crippen molar-refractivity contribution in [1.82, 2.24) is 0 Å². The predicted octanol–water partition coefficient (Wildman–Crippen LogP) is 12.7. The highest BCUT2D eigenvalue weighted by molar-refractivity contribution is 6.83. The number of halogens is 21. The van der Waals surface area contributed by atoms with Crippen molar-refractivity contribution in [2.24, 2.45) is 0 Å². The van der Waals surface area contributed by atoms with Crippen molar-refractivity contribution in [3.8, 4) is 0 Å². The van der Waals surface area contributed by atoms with E-state index < -0.39 is 48.9 Å². The molecule has 0 saturated carbocycles. The Hall–Kier alpha value is 6.05. The molecule has 1 unspecified atom stereocenters. The Balaban J connectivity index is 3.68. The second-order valence-electron chi connectivity index (χ2n) is 6.96. The summed E-state index contributed by atoms with van der Waals surface area (Å²) in [7, 11) is 0. The zero-order valence-corrected chi connectivity index (χ0v) is 31.2. The minimum atomic E-state index is -3.18. The van der Waals surface area contributed by atoms with Gasteiger partial charge < -0.3 is 4.74 Å². The Bertz CT molecular complexity index is 788. The van der Waals surface area contributed by atoms with E-state index in [0.29, 0.717) is 0 Å².